The summed E-state index contributed by atoms with van der Waals surface area (Å²) in [6, 6.07) is 12.3. The maximum Gasteiger partial charge on any atom is 0.255 e. The van der Waals surface area contributed by atoms with E-state index in [4.69, 9.17) is 19.9 Å². The number of carbonyl (C=O) groups excluding carboxylic acids is 2. The molecule has 1 aromatic heterocycles. The number of ether oxygens (including phenoxy) is 3. The minimum absolute atomic E-state index is 0.0429. The summed E-state index contributed by atoms with van der Waals surface area (Å²) in [5.41, 5.74) is 5.96. The molecular formula is C23H20FN3O5. The zero-order valence-corrected chi connectivity index (χ0v) is 17.1. The monoisotopic (exact) mass is 437 g/mol. The van der Waals surface area contributed by atoms with Gasteiger partial charge in [-0.3, -0.25) is 14.6 Å². The van der Waals surface area contributed by atoms with Crippen LogP contribution in [0.3, 0.4) is 0 Å². The Balaban J connectivity index is 1.64. The molecule has 0 fully saturated rings. The van der Waals surface area contributed by atoms with Gasteiger partial charge in [0.15, 0.2) is 29.7 Å². The van der Waals surface area contributed by atoms with Crippen LogP contribution in [0.2, 0.25) is 0 Å². The summed E-state index contributed by atoms with van der Waals surface area (Å²) >= 11 is 0. The molecule has 1 heterocycles. The van der Waals surface area contributed by atoms with Crippen LogP contribution in [0.5, 0.6) is 23.0 Å². The first kappa shape index (κ1) is 22.3. The van der Waals surface area contributed by atoms with E-state index in [0.29, 0.717) is 22.7 Å². The number of nitrogens with two attached hydrogens (primary N) is 1. The third-order valence-electron chi connectivity index (χ3n) is 4.05. The molecule has 0 aliphatic carbocycles. The van der Waals surface area contributed by atoms with E-state index in [1.807, 2.05) is 0 Å². The van der Waals surface area contributed by atoms with Gasteiger partial charge < -0.3 is 25.3 Å². The highest BCUT2D eigenvalue weighted by Crippen LogP contribution is 2.30. The summed E-state index contributed by atoms with van der Waals surface area (Å²) < 4.78 is 30.2. The largest absolute Gasteiger partial charge is 0.493 e. The summed E-state index contributed by atoms with van der Waals surface area (Å²) in [5, 5.41) is 2.65. The fraction of sp³-hybridized carbons (Fsp3) is 0.0870. The van der Waals surface area contributed by atoms with Gasteiger partial charge in [0.05, 0.1) is 13.3 Å². The van der Waals surface area contributed by atoms with Gasteiger partial charge in [-0.15, -0.1) is 0 Å². The van der Waals surface area contributed by atoms with Crippen LogP contribution < -0.4 is 25.3 Å². The fourth-order valence-electron chi connectivity index (χ4n) is 2.61. The molecule has 0 bridgehead atoms. The van der Waals surface area contributed by atoms with Gasteiger partial charge in [0.1, 0.15) is 5.75 Å². The summed E-state index contributed by atoms with van der Waals surface area (Å²) in [6.07, 6.45) is 5.77. The molecule has 0 aliphatic heterocycles. The van der Waals surface area contributed by atoms with Crippen molar-refractivity contribution in [2.75, 3.05) is 19.0 Å². The zero-order valence-electron chi connectivity index (χ0n) is 17.1. The number of aromatic nitrogens is 1. The molecule has 0 radical (unpaired) electrons. The Hall–Kier alpha value is -4.40. The van der Waals surface area contributed by atoms with Crippen LogP contribution in [-0.4, -0.2) is 30.5 Å². The van der Waals surface area contributed by atoms with Crippen LogP contribution in [0.4, 0.5) is 10.1 Å². The van der Waals surface area contributed by atoms with Crippen molar-refractivity contribution in [1.29, 1.82) is 0 Å². The Morgan fingerprint density at radius 1 is 1.12 bits per heavy atom. The molecule has 0 aliphatic rings. The molecule has 0 unspecified atom stereocenters. The molecule has 8 nitrogen and oxygen atoms in total. The molecule has 164 valence electrons. The van der Waals surface area contributed by atoms with E-state index >= 15 is 0 Å². The number of primary amides is 1. The van der Waals surface area contributed by atoms with Crippen LogP contribution in [-0.2, 0) is 9.59 Å². The maximum atomic E-state index is 14.3. The topological polar surface area (TPSA) is 113 Å². The number of carbonyl (C=O) groups is 2. The van der Waals surface area contributed by atoms with Crippen molar-refractivity contribution < 1.29 is 28.2 Å². The number of rotatable bonds is 9. The van der Waals surface area contributed by atoms with Gasteiger partial charge in [0.25, 0.3) is 5.91 Å². The lowest BCUT2D eigenvalue weighted by molar-refractivity contribution is -0.120. The summed E-state index contributed by atoms with van der Waals surface area (Å²) in [7, 11) is 1.44. The Kier molecular flexibility index (Phi) is 7.37. The van der Waals surface area contributed by atoms with Crippen molar-refractivity contribution in [3.8, 4) is 23.0 Å². The van der Waals surface area contributed by atoms with Crippen molar-refractivity contribution in [3.63, 3.8) is 0 Å². The second-order valence-electron chi connectivity index (χ2n) is 6.42. The molecular weight excluding hydrogens is 417 g/mol. The molecule has 2 amide bonds. The third kappa shape index (κ3) is 6.30. The first-order valence-electron chi connectivity index (χ1n) is 9.40. The van der Waals surface area contributed by atoms with E-state index in [1.165, 1.54) is 43.7 Å². The average Bonchev–Trinajstić information content (AvgIpc) is 2.78. The summed E-state index contributed by atoms with van der Waals surface area (Å²) in [5.74, 6) is -0.597. The van der Waals surface area contributed by atoms with Crippen molar-refractivity contribution in [1.82, 2.24) is 4.98 Å². The smallest absolute Gasteiger partial charge is 0.255 e. The van der Waals surface area contributed by atoms with Crippen molar-refractivity contribution in [2.24, 2.45) is 5.73 Å². The Morgan fingerprint density at radius 2 is 1.94 bits per heavy atom. The van der Waals surface area contributed by atoms with Crippen LogP contribution in [0.15, 0.2) is 67.0 Å². The van der Waals surface area contributed by atoms with Crippen molar-refractivity contribution in [3.05, 3.63) is 78.4 Å². The SMILES string of the molecule is COc1ccc(NC(=O)/C=C/c2ccc(Oc3cccnc3)c(F)c2)cc1OCC(N)=O. The molecule has 9 heteroatoms. The van der Waals surface area contributed by atoms with Gasteiger partial charge in [-0.25, -0.2) is 4.39 Å². The molecule has 0 saturated heterocycles. The summed E-state index contributed by atoms with van der Waals surface area (Å²) in [4.78, 5) is 27.1. The second kappa shape index (κ2) is 10.6. The number of nitrogens with one attached hydrogen (secondary N) is 1. The predicted molar refractivity (Wildman–Crippen MR) is 116 cm³/mol. The van der Waals surface area contributed by atoms with Gasteiger partial charge in [-0.05, 0) is 48.0 Å². The standard InChI is InChI=1S/C23H20FN3O5/c1-30-20-8-6-16(12-21(20)31-14-22(25)28)27-23(29)9-5-15-4-7-19(18(24)11-15)32-17-3-2-10-26-13-17/h2-13H,14H2,1H3,(H2,25,28)(H,27,29)/b9-5+. The number of hydrogen-bond acceptors (Lipinski definition) is 6. The van der Waals surface area contributed by atoms with Crippen LogP contribution in [0.1, 0.15) is 5.56 Å². The van der Waals surface area contributed by atoms with E-state index < -0.39 is 17.6 Å². The molecule has 0 atom stereocenters. The van der Waals surface area contributed by atoms with Gasteiger partial charge in [-0.1, -0.05) is 6.07 Å². The highest BCUT2D eigenvalue weighted by molar-refractivity contribution is 6.02. The molecule has 2 aromatic carbocycles. The molecule has 0 saturated carbocycles. The van der Waals surface area contributed by atoms with Crippen molar-refractivity contribution >= 4 is 23.6 Å². The van der Waals surface area contributed by atoms with Gasteiger partial charge in [0.2, 0.25) is 5.91 Å². The van der Waals surface area contributed by atoms with Gasteiger partial charge >= 0.3 is 0 Å². The number of benzene rings is 2. The van der Waals surface area contributed by atoms with E-state index in [2.05, 4.69) is 10.3 Å². The quantitative estimate of drug-likeness (QED) is 0.495. The Labute approximate surface area is 183 Å². The number of amides is 2. The molecule has 3 N–H and O–H groups in total. The Morgan fingerprint density at radius 3 is 2.62 bits per heavy atom. The number of pyridine rings is 1. The van der Waals surface area contributed by atoms with Crippen molar-refractivity contribution in [2.45, 2.75) is 0 Å². The molecule has 3 aromatic rings. The summed E-state index contributed by atoms with van der Waals surface area (Å²) in [6.45, 7) is -0.334. The highest BCUT2D eigenvalue weighted by atomic mass is 19.1. The third-order valence-corrected chi connectivity index (χ3v) is 4.05. The van der Waals surface area contributed by atoms with Gasteiger partial charge in [-0.2, -0.15) is 0 Å². The van der Waals surface area contributed by atoms with E-state index in [0.717, 1.165) is 0 Å². The average molecular weight is 437 g/mol. The molecule has 3 rings (SSSR count). The van der Waals surface area contributed by atoms with E-state index in [1.54, 1.807) is 36.5 Å². The maximum absolute atomic E-state index is 14.3. The van der Waals surface area contributed by atoms with Crippen LogP contribution in [0, 0.1) is 5.82 Å². The molecule has 0 spiro atoms. The first-order chi connectivity index (χ1) is 15.4. The van der Waals surface area contributed by atoms with Gasteiger partial charge in [0, 0.05) is 24.0 Å². The predicted octanol–water partition coefficient (Wildman–Crippen LogP) is 3.54. The minimum atomic E-state index is -0.645. The van der Waals surface area contributed by atoms with Crippen LogP contribution >= 0.6 is 0 Å². The lowest BCUT2D eigenvalue weighted by atomic mass is 10.2. The second-order valence-corrected chi connectivity index (χ2v) is 6.42. The fourth-order valence-corrected chi connectivity index (χ4v) is 2.61. The number of nitrogens with zero attached hydrogens (tertiary/aromatic N) is 1. The lowest BCUT2D eigenvalue weighted by Gasteiger charge is -2.11. The zero-order chi connectivity index (χ0) is 22.9. The van der Waals surface area contributed by atoms with E-state index in [9.17, 15) is 14.0 Å². The number of anilines is 1. The minimum Gasteiger partial charge on any atom is -0.493 e. The highest BCUT2D eigenvalue weighted by Gasteiger charge is 2.09. The number of hydrogen-bond donors (Lipinski definition) is 2. The Bertz CT molecular complexity index is 1140. The first-order valence-corrected chi connectivity index (χ1v) is 9.40. The van der Waals surface area contributed by atoms with Crippen LogP contribution in [0.25, 0.3) is 6.08 Å². The molecule has 32 heavy (non-hydrogen) atoms. The lowest BCUT2D eigenvalue weighted by Crippen LogP contribution is -2.20. The number of methoxy groups -OCH3 is 1. The van der Waals surface area contributed by atoms with E-state index in [-0.39, 0.29) is 18.1 Å². The normalized spacial score (nSPS) is 10.6. The number of halogens is 1.